The van der Waals surface area contributed by atoms with Gasteiger partial charge in [0.15, 0.2) is 0 Å². The lowest BCUT2D eigenvalue weighted by molar-refractivity contribution is -0.134. The summed E-state index contributed by atoms with van der Waals surface area (Å²) in [6, 6.07) is 9.49. The molecule has 4 nitrogen and oxygen atoms in total. The molecule has 1 aromatic rings. The molecular formula is C8H14N2O2. The molecule has 0 unspecified atom stereocenters. The molecule has 0 heterocycles. The highest BCUT2D eigenvalue weighted by atomic mass is 16.4. The maximum atomic E-state index is 9.00. The van der Waals surface area contributed by atoms with Crippen LogP contribution in [0.5, 0.6) is 0 Å². The van der Waals surface area contributed by atoms with Gasteiger partial charge in [-0.05, 0) is 12.1 Å². The molecule has 0 atom stereocenters. The van der Waals surface area contributed by atoms with Crippen LogP contribution in [0.1, 0.15) is 6.92 Å². The number of nitrogens with two attached hydrogens (primary N) is 1. The summed E-state index contributed by atoms with van der Waals surface area (Å²) in [5.41, 5.74) is 6.18. The van der Waals surface area contributed by atoms with Crippen molar-refractivity contribution in [3.63, 3.8) is 0 Å². The molecule has 0 fully saturated rings. The van der Waals surface area contributed by atoms with E-state index in [1.54, 1.807) is 0 Å². The van der Waals surface area contributed by atoms with Crippen molar-refractivity contribution in [2.24, 2.45) is 0 Å². The van der Waals surface area contributed by atoms with Gasteiger partial charge >= 0.3 is 0 Å². The number of hydrogen-bond acceptors (Lipinski definition) is 3. The van der Waals surface area contributed by atoms with Crippen LogP contribution in [0.4, 0.5) is 5.69 Å². The maximum Gasteiger partial charge on any atom is 0.300 e. The van der Waals surface area contributed by atoms with Gasteiger partial charge in [-0.15, -0.1) is 0 Å². The number of rotatable bonds is 0. The first-order valence-corrected chi connectivity index (χ1v) is 3.13. The molecule has 12 heavy (non-hydrogen) atoms. The van der Waals surface area contributed by atoms with E-state index in [4.69, 9.17) is 15.6 Å². The Morgan fingerprint density at radius 1 is 1.33 bits per heavy atom. The third-order valence-corrected chi connectivity index (χ3v) is 0.800. The van der Waals surface area contributed by atoms with Crippen molar-refractivity contribution in [3.05, 3.63) is 30.3 Å². The number of carbonyl (C=O) groups is 1. The number of benzene rings is 1. The highest BCUT2D eigenvalue weighted by molar-refractivity contribution is 5.62. The largest absolute Gasteiger partial charge is 0.481 e. The summed E-state index contributed by atoms with van der Waals surface area (Å²) in [6.45, 7) is 1.08. The van der Waals surface area contributed by atoms with Crippen LogP contribution in [0.3, 0.4) is 0 Å². The van der Waals surface area contributed by atoms with Crippen molar-refractivity contribution in [2.75, 3.05) is 5.73 Å². The van der Waals surface area contributed by atoms with Crippen LogP contribution in [-0.2, 0) is 4.79 Å². The Balaban J connectivity index is 0. The zero-order valence-corrected chi connectivity index (χ0v) is 7.03. The van der Waals surface area contributed by atoms with Crippen molar-refractivity contribution >= 4 is 11.7 Å². The Morgan fingerprint density at radius 2 is 1.67 bits per heavy atom. The molecule has 0 radical (unpaired) electrons. The van der Waals surface area contributed by atoms with Crippen LogP contribution >= 0.6 is 0 Å². The standard InChI is InChI=1S/C6H7N.C2H4O2.H3N/c7-6-4-2-1-3-5-6;1-2(3)4;/h1-5H,7H2;1H3,(H,3,4);1H3. The van der Waals surface area contributed by atoms with Gasteiger partial charge in [0.2, 0.25) is 0 Å². The van der Waals surface area contributed by atoms with Gasteiger partial charge in [0, 0.05) is 12.6 Å². The average Bonchev–Trinajstić information content (AvgIpc) is 1.87. The zero-order valence-electron chi connectivity index (χ0n) is 7.03. The topological polar surface area (TPSA) is 98.3 Å². The zero-order chi connectivity index (χ0) is 8.69. The van der Waals surface area contributed by atoms with Crippen molar-refractivity contribution < 1.29 is 9.90 Å². The number of aliphatic carboxylic acids is 1. The van der Waals surface area contributed by atoms with Gasteiger partial charge in [0.05, 0.1) is 0 Å². The van der Waals surface area contributed by atoms with Crippen LogP contribution in [0.15, 0.2) is 30.3 Å². The fourth-order valence-electron chi connectivity index (χ4n) is 0.453. The van der Waals surface area contributed by atoms with Crippen molar-refractivity contribution in [1.29, 1.82) is 0 Å². The lowest BCUT2D eigenvalue weighted by atomic mass is 10.3. The molecule has 68 valence electrons. The van der Waals surface area contributed by atoms with E-state index in [1.165, 1.54) is 0 Å². The van der Waals surface area contributed by atoms with E-state index in [0.717, 1.165) is 12.6 Å². The predicted molar refractivity (Wildman–Crippen MR) is 49.2 cm³/mol. The lowest BCUT2D eigenvalue weighted by Crippen LogP contribution is -1.79. The Hall–Kier alpha value is -1.55. The lowest BCUT2D eigenvalue weighted by Gasteiger charge is -1.83. The first-order valence-electron chi connectivity index (χ1n) is 3.13. The van der Waals surface area contributed by atoms with Crippen molar-refractivity contribution in [2.45, 2.75) is 6.92 Å². The van der Waals surface area contributed by atoms with Crippen molar-refractivity contribution in [3.8, 4) is 0 Å². The quantitative estimate of drug-likeness (QED) is 0.514. The molecular weight excluding hydrogens is 156 g/mol. The smallest absolute Gasteiger partial charge is 0.300 e. The van der Waals surface area contributed by atoms with E-state index >= 15 is 0 Å². The van der Waals surface area contributed by atoms with Gasteiger partial charge < -0.3 is 17.0 Å². The van der Waals surface area contributed by atoms with E-state index in [1.807, 2.05) is 30.3 Å². The average molecular weight is 170 g/mol. The summed E-state index contributed by atoms with van der Waals surface area (Å²) in [4.78, 5) is 9.00. The second-order valence-corrected chi connectivity index (χ2v) is 1.93. The van der Waals surface area contributed by atoms with Crippen molar-refractivity contribution in [1.82, 2.24) is 6.15 Å². The van der Waals surface area contributed by atoms with E-state index in [0.29, 0.717) is 0 Å². The Labute approximate surface area is 71.6 Å². The summed E-state index contributed by atoms with van der Waals surface area (Å²) >= 11 is 0. The molecule has 0 aliphatic carbocycles. The summed E-state index contributed by atoms with van der Waals surface area (Å²) in [5.74, 6) is -0.833. The Morgan fingerprint density at radius 3 is 1.83 bits per heavy atom. The Kier molecular flexibility index (Phi) is 8.23. The molecule has 0 aliphatic heterocycles. The van der Waals surface area contributed by atoms with E-state index in [9.17, 15) is 0 Å². The van der Waals surface area contributed by atoms with Gasteiger partial charge in [0.1, 0.15) is 0 Å². The monoisotopic (exact) mass is 170 g/mol. The number of nitrogen functional groups attached to an aromatic ring is 1. The van der Waals surface area contributed by atoms with Crippen LogP contribution in [0.2, 0.25) is 0 Å². The molecule has 0 spiro atoms. The van der Waals surface area contributed by atoms with Crippen LogP contribution in [0, 0.1) is 0 Å². The first-order chi connectivity index (χ1) is 5.13. The summed E-state index contributed by atoms with van der Waals surface area (Å²) in [7, 11) is 0. The molecule has 6 N–H and O–H groups in total. The van der Waals surface area contributed by atoms with Gasteiger partial charge in [-0.25, -0.2) is 0 Å². The molecule has 1 rings (SSSR count). The highest BCUT2D eigenvalue weighted by Crippen LogP contribution is 1.95. The minimum absolute atomic E-state index is 0. The van der Waals surface area contributed by atoms with E-state index in [2.05, 4.69) is 0 Å². The summed E-state index contributed by atoms with van der Waals surface area (Å²) < 4.78 is 0. The molecule has 4 heteroatoms. The molecule has 0 saturated carbocycles. The predicted octanol–water partition coefficient (Wildman–Crippen LogP) is 1.52. The Bertz CT molecular complexity index is 208. The highest BCUT2D eigenvalue weighted by Gasteiger charge is 1.72. The van der Waals surface area contributed by atoms with Crippen LogP contribution < -0.4 is 11.9 Å². The van der Waals surface area contributed by atoms with Gasteiger partial charge in [-0.1, -0.05) is 18.2 Å². The van der Waals surface area contributed by atoms with Crippen LogP contribution in [-0.4, -0.2) is 11.1 Å². The fraction of sp³-hybridized carbons (Fsp3) is 0.125. The van der Waals surface area contributed by atoms with E-state index in [-0.39, 0.29) is 6.15 Å². The number of carboxylic acid groups (broad SMARTS) is 1. The third-order valence-electron chi connectivity index (χ3n) is 0.800. The van der Waals surface area contributed by atoms with Gasteiger partial charge in [0.25, 0.3) is 5.97 Å². The minimum Gasteiger partial charge on any atom is -0.481 e. The molecule has 0 bridgehead atoms. The summed E-state index contributed by atoms with van der Waals surface area (Å²) in [5, 5.41) is 7.42. The molecule has 0 aromatic heterocycles. The maximum absolute atomic E-state index is 9.00. The number of para-hydroxylation sites is 1. The SMILES string of the molecule is CC(=O)O.N.Nc1ccccc1. The number of anilines is 1. The second-order valence-electron chi connectivity index (χ2n) is 1.93. The van der Waals surface area contributed by atoms with Crippen LogP contribution in [0.25, 0.3) is 0 Å². The first kappa shape index (κ1) is 13.1. The molecule has 0 amide bonds. The van der Waals surface area contributed by atoms with Gasteiger partial charge in [-0.2, -0.15) is 0 Å². The second kappa shape index (κ2) is 7.56. The minimum atomic E-state index is -0.833. The van der Waals surface area contributed by atoms with E-state index < -0.39 is 5.97 Å². The molecule has 1 aromatic carbocycles. The summed E-state index contributed by atoms with van der Waals surface area (Å²) in [6.07, 6.45) is 0. The molecule has 0 aliphatic rings. The van der Waals surface area contributed by atoms with Gasteiger partial charge in [-0.3, -0.25) is 4.79 Å². The number of hydrogen-bond donors (Lipinski definition) is 3. The normalized spacial score (nSPS) is 7.08. The third kappa shape index (κ3) is 11.3. The number of carboxylic acids is 1. The molecule has 0 saturated heterocycles. The fourth-order valence-corrected chi connectivity index (χ4v) is 0.453.